The fourth-order valence-electron chi connectivity index (χ4n) is 1.71. The van der Waals surface area contributed by atoms with Crippen molar-refractivity contribution in [2.45, 2.75) is 33.0 Å². The minimum atomic E-state index is -4.34. The van der Waals surface area contributed by atoms with Crippen LogP contribution in [0.4, 0.5) is 0 Å². The summed E-state index contributed by atoms with van der Waals surface area (Å²) < 4.78 is 29.4. The number of halogens is 6. The lowest BCUT2D eigenvalue weighted by Crippen LogP contribution is -2.27. The highest BCUT2D eigenvalue weighted by atomic mass is 35.6. The Kier molecular flexibility index (Phi) is 9.27. The van der Waals surface area contributed by atoms with Gasteiger partial charge in [0.15, 0.2) is 0 Å². The summed E-state index contributed by atoms with van der Waals surface area (Å²) in [6.07, 6.45) is -0.140. The molecule has 5 nitrogen and oxygen atoms in total. The van der Waals surface area contributed by atoms with E-state index in [1.54, 1.807) is 0 Å². The van der Waals surface area contributed by atoms with E-state index < -0.39 is 40.7 Å². The molecule has 1 saturated heterocycles. The highest BCUT2D eigenvalue weighted by Gasteiger charge is 2.41. The van der Waals surface area contributed by atoms with Crippen LogP contribution in [0.3, 0.4) is 0 Å². The number of hydrogen-bond acceptors (Lipinski definition) is 6. The molecular formula is C10H12BCl6O5PS. The lowest BCUT2D eigenvalue weighted by Gasteiger charge is -2.24. The van der Waals surface area contributed by atoms with E-state index in [0.29, 0.717) is 6.42 Å². The minimum absolute atomic E-state index is 0.0673. The molecule has 1 aliphatic rings. The van der Waals surface area contributed by atoms with Crippen LogP contribution in [0.1, 0.15) is 13.3 Å². The molecule has 1 unspecified atom stereocenters. The van der Waals surface area contributed by atoms with Crippen LogP contribution < -0.4 is 0 Å². The number of thiocarbonyl (C=S) groups is 1. The molecule has 0 amide bonds. The van der Waals surface area contributed by atoms with Crippen molar-refractivity contribution in [1.82, 2.24) is 0 Å². The van der Waals surface area contributed by atoms with E-state index in [1.807, 2.05) is 6.92 Å². The first-order valence-corrected chi connectivity index (χ1v) is 10.5. The SMILES string of the molecule is [B][C@H]1CC(C)[C@@H](C(=S)OP(=O)(OCC(Cl)(Cl)Cl)OCC(Cl)(Cl)Cl)O1. The van der Waals surface area contributed by atoms with Gasteiger partial charge in [-0.15, -0.1) is 0 Å². The summed E-state index contributed by atoms with van der Waals surface area (Å²) in [4.78, 5) is 0. The maximum Gasteiger partial charge on any atom is 0.530 e. The molecule has 1 rings (SSSR count). The predicted molar refractivity (Wildman–Crippen MR) is 102 cm³/mol. The maximum atomic E-state index is 12.7. The molecule has 14 heteroatoms. The zero-order chi connectivity index (χ0) is 18.8. The van der Waals surface area contributed by atoms with Crippen LogP contribution in [0.5, 0.6) is 0 Å². The zero-order valence-corrected chi connectivity index (χ0v) is 18.3. The molecule has 1 fully saturated rings. The zero-order valence-electron chi connectivity index (χ0n) is 12.1. The molecule has 1 heterocycles. The van der Waals surface area contributed by atoms with Crippen LogP contribution in [0.25, 0.3) is 0 Å². The van der Waals surface area contributed by atoms with Crippen LogP contribution in [0.15, 0.2) is 0 Å². The Morgan fingerprint density at radius 1 is 1.21 bits per heavy atom. The van der Waals surface area contributed by atoms with Gasteiger partial charge in [0.1, 0.15) is 27.2 Å². The molecule has 0 N–H and O–H groups in total. The van der Waals surface area contributed by atoms with E-state index in [0.717, 1.165) is 0 Å². The summed E-state index contributed by atoms with van der Waals surface area (Å²) in [5.41, 5.74) is 0. The third-order valence-corrected chi connectivity index (χ3v) is 5.05. The topological polar surface area (TPSA) is 54.0 Å². The van der Waals surface area contributed by atoms with Crippen LogP contribution >= 0.6 is 89.6 Å². The van der Waals surface area contributed by atoms with Gasteiger partial charge in [0.05, 0.1) is 0 Å². The minimum Gasteiger partial charge on any atom is -0.394 e. The maximum absolute atomic E-state index is 12.7. The fourth-order valence-corrected chi connectivity index (χ4v) is 4.27. The van der Waals surface area contributed by atoms with Crippen molar-refractivity contribution in [1.29, 1.82) is 0 Å². The summed E-state index contributed by atoms with van der Waals surface area (Å²) in [6.45, 7) is 0.610. The Bertz CT molecular complexity index is 479. The summed E-state index contributed by atoms with van der Waals surface area (Å²) in [5, 5.41) is -0.188. The Labute approximate surface area is 176 Å². The lowest BCUT2D eigenvalue weighted by molar-refractivity contribution is 0.102. The molecule has 2 radical (unpaired) electrons. The molecular weight excluding hydrogens is 487 g/mol. The van der Waals surface area contributed by atoms with Gasteiger partial charge in [-0.3, -0.25) is 9.05 Å². The number of ether oxygens (including phenoxy) is 1. The number of phosphoric ester groups is 1. The Morgan fingerprint density at radius 2 is 1.67 bits per heavy atom. The van der Waals surface area contributed by atoms with E-state index in [1.165, 1.54) is 0 Å². The molecule has 0 aromatic carbocycles. The molecule has 24 heavy (non-hydrogen) atoms. The Hall–Kier alpha value is 1.80. The van der Waals surface area contributed by atoms with Crippen molar-refractivity contribution in [3.63, 3.8) is 0 Å². The molecule has 0 aromatic heterocycles. The van der Waals surface area contributed by atoms with Crippen molar-refractivity contribution >= 4 is 103 Å². The smallest absolute Gasteiger partial charge is 0.394 e. The largest absolute Gasteiger partial charge is 0.530 e. The van der Waals surface area contributed by atoms with E-state index in [2.05, 4.69) is 0 Å². The second-order valence-corrected chi connectivity index (χ2v) is 12.0. The Balaban J connectivity index is 2.80. The van der Waals surface area contributed by atoms with E-state index in [9.17, 15) is 4.57 Å². The average molecular weight is 499 g/mol. The quantitative estimate of drug-likeness (QED) is 0.219. The number of alkyl halides is 6. The highest BCUT2D eigenvalue weighted by Crippen LogP contribution is 2.53. The molecule has 3 atom stereocenters. The average Bonchev–Trinajstić information content (AvgIpc) is 2.72. The molecule has 1 aliphatic heterocycles. The van der Waals surface area contributed by atoms with Crippen molar-refractivity contribution in [2.24, 2.45) is 5.92 Å². The van der Waals surface area contributed by atoms with Gasteiger partial charge in [0, 0.05) is 6.00 Å². The Morgan fingerprint density at radius 3 is 2.00 bits per heavy atom. The first kappa shape index (κ1) is 23.8. The van der Waals surface area contributed by atoms with Crippen molar-refractivity contribution in [3.8, 4) is 0 Å². The van der Waals surface area contributed by atoms with Crippen molar-refractivity contribution < 1.29 is 22.9 Å². The second kappa shape index (κ2) is 9.33. The van der Waals surface area contributed by atoms with Crippen LogP contribution in [-0.4, -0.2) is 45.8 Å². The van der Waals surface area contributed by atoms with Crippen LogP contribution in [0, 0.1) is 5.92 Å². The second-order valence-electron chi connectivity index (χ2n) is 4.94. The van der Waals surface area contributed by atoms with E-state index in [-0.39, 0.29) is 11.0 Å². The lowest BCUT2D eigenvalue weighted by atomic mass is 9.92. The van der Waals surface area contributed by atoms with Crippen LogP contribution in [-0.2, 0) is 22.9 Å². The summed E-state index contributed by atoms with van der Waals surface area (Å²) in [6, 6.07) is -0.518. The first-order chi connectivity index (χ1) is 10.7. The number of phosphoric acid groups is 1. The van der Waals surface area contributed by atoms with Gasteiger partial charge in [-0.05, 0) is 24.6 Å². The summed E-state index contributed by atoms with van der Waals surface area (Å²) in [7, 11) is 1.34. The molecule has 0 aliphatic carbocycles. The van der Waals surface area contributed by atoms with Gasteiger partial charge < -0.3 is 9.26 Å². The summed E-state index contributed by atoms with van der Waals surface area (Å²) in [5.74, 6) is -0.0673. The first-order valence-electron chi connectivity index (χ1n) is 6.38. The monoisotopic (exact) mass is 496 g/mol. The molecule has 0 aromatic rings. The van der Waals surface area contributed by atoms with Gasteiger partial charge in [-0.1, -0.05) is 76.5 Å². The van der Waals surface area contributed by atoms with Gasteiger partial charge in [0.25, 0.3) is 0 Å². The van der Waals surface area contributed by atoms with Gasteiger partial charge in [-0.25, -0.2) is 4.57 Å². The fraction of sp³-hybridized carbons (Fsp3) is 0.900. The van der Waals surface area contributed by atoms with Gasteiger partial charge in [0.2, 0.25) is 12.6 Å². The van der Waals surface area contributed by atoms with Crippen LogP contribution in [0.2, 0.25) is 0 Å². The third kappa shape index (κ3) is 9.14. The predicted octanol–water partition coefficient (Wildman–Crippen LogP) is 5.13. The molecule has 0 spiro atoms. The van der Waals surface area contributed by atoms with Gasteiger partial charge in [-0.2, -0.15) is 0 Å². The van der Waals surface area contributed by atoms with Crippen molar-refractivity contribution in [3.05, 3.63) is 0 Å². The van der Waals surface area contributed by atoms with E-state index >= 15 is 0 Å². The third-order valence-electron chi connectivity index (χ3n) is 2.65. The normalized spacial score (nSPS) is 25.7. The molecule has 0 bridgehead atoms. The molecule has 0 saturated carbocycles. The van der Waals surface area contributed by atoms with E-state index in [4.69, 9.17) is 108 Å². The van der Waals surface area contributed by atoms with Gasteiger partial charge >= 0.3 is 7.82 Å². The highest BCUT2D eigenvalue weighted by molar-refractivity contribution is 7.80. The number of rotatable bonds is 6. The number of hydrogen-bond donors (Lipinski definition) is 0. The standard InChI is InChI=1S/C10H12BCl6O5PS/c1-5-2-6(11)21-7(5)8(24)22-23(18,19-3-9(12,13)14)20-4-10(15,16)17/h5-7H,2-4H2,1H3/t5?,6-,7+/m1/s1. The summed E-state index contributed by atoms with van der Waals surface area (Å²) >= 11 is 38.4. The van der Waals surface area contributed by atoms with Crippen molar-refractivity contribution in [2.75, 3.05) is 13.2 Å². The molecule has 138 valence electrons.